The molecule has 0 unspecified atom stereocenters. The number of hydrogen-bond acceptors (Lipinski definition) is 5. The number of aliphatic hydroxyl groups is 1. The van der Waals surface area contributed by atoms with Gasteiger partial charge in [-0.05, 0) is 55.3 Å². The maximum absolute atomic E-state index is 12.4. The van der Waals surface area contributed by atoms with E-state index in [0.29, 0.717) is 17.1 Å². The summed E-state index contributed by atoms with van der Waals surface area (Å²) in [5.41, 5.74) is 2.57. The number of carbonyl (C=O) groups excluding carboxylic acids is 3. The molecule has 1 saturated heterocycles. The summed E-state index contributed by atoms with van der Waals surface area (Å²) in [7, 11) is 0. The van der Waals surface area contributed by atoms with Crippen LogP contribution in [0.1, 0.15) is 25.8 Å². The van der Waals surface area contributed by atoms with Gasteiger partial charge in [-0.25, -0.2) is 0 Å². The van der Waals surface area contributed by atoms with Crippen LogP contribution in [0.2, 0.25) is 0 Å². The van der Waals surface area contributed by atoms with Gasteiger partial charge in [0, 0.05) is 30.9 Å². The van der Waals surface area contributed by atoms with Gasteiger partial charge in [0.25, 0.3) is 5.91 Å². The van der Waals surface area contributed by atoms with Crippen LogP contribution in [0.25, 0.3) is 0 Å². The van der Waals surface area contributed by atoms with Crippen molar-refractivity contribution in [3.05, 3.63) is 54.1 Å². The highest BCUT2D eigenvalue weighted by Crippen LogP contribution is 2.27. The molecule has 2 aromatic carbocycles. The van der Waals surface area contributed by atoms with Gasteiger partial charge < -0.3 is 25.4 Å². The zero-order valence-electron chi connectivity index (χ0n) is 18.3. The highest BCUT2D eigenvalue weighted by molar-refractivity contribution is 6.00. The van der Waals surface area contributed by atoms with E-state index in [9.17, 15) is 19.5 Å². The molecule has 1 aliphatic rings. The second-order valence-electron chi connectivity index (χ2n) is 7.88. The highest BCUT2D eigenvalue weighted by Gasteiger charge is 2.35. The average molecular weight is 440 g/mol. The van der Waals surface area contributed by atoms with Crippen LogP contribution in [-0.2, 0) is 20.8 Å². The van der Waals surface area contributed by atoms with Crippen molar-refractivity contribution >= 4 is 29.1 Å². The third-order valence-corrected chi connectivity index (χ3v) is 5.23. The monoisotopic (exact) mass is 439 g/mol. The maximum Gasteiger partial charge on any atom is 0.262 e. The van der Waals surface area contributed by atoms with Crippen molar-refractivity contribution in [1.82, 2.24) is 5.32 Å². The summed E-state index contributed by atoms with van der Waals surface area (Å²) in [6, 6.07) is 14.5. The fourth-order valence-electron chi connectivity index (χ4n) is 3.42. The van der Waals surface area contributed by atoms with Crippen molar-refractivity contribution in [2.45, 2.75) is 32.8 Å². The molecule has 3 amide bonds. The number of rotatable bonds is 9. The predicted octanol–water partition coefficient (Wildman–Crippen LogP) is 2.12. The molecular formula is C24H29N3O5. The van der Waals surface area contributed by atoms with Gasteiger partial charge in [-0.3, -0.25) is 14.4 Å². The number of aliphatic hydroxyl groups excluding tert-OH is 1. The Morgan fingerprint density at radius 2 is 1.84 bits per heavy atom. The number of carbonyl (C=O) groups is 3. The van der Waals surface area contributed by atoms with E-state index in [2.05, 4.69) is 17.6 Å². The van der Waals surface area contributed by atoms with E-state index >= 15 is 0 Å². The lowest BCUT2D eigenvalue weighted by Gasteiger charge is -2.17. The minimum atomic E-state index is -0.636. The molecule has 2 aromatic rings. The zero-order valence-corrected chi connectivity index (χ0v) is 18.3. The first-order valence-electron chi connectivity index (χ1n) is 10.7. The van der Waals surface area contributed by atoms with E-state index in [1.807, 2.05) is 24.3 Å². The molecule has 0 radical (unpaired) electrons. The molecule has 32 heavy (non-hydrogen) atoms. The van der Waals surface area contributed by atoms with Crippen molar-refractivity contribution in [3.63, 3.8) is 0 Å². The molecule has 0 saturated carbocycles. The molecule has 8 heteroatoms. The van der Waals surface area contributed by atoms with Gasteiger partial charge in [-0.2, -0.15) is 0 Å². The van der Waals surface area contributed by atoms with E-state index in [1.165, 1.54) is 5.56 Å². The highest BCUT2D eigenvalue weighted by atomic mass is 16.5. The van der Waals surface area contributed by atoms with Crippen molar-refractivity contribution in [2.24, 2.45) is 5.92 Å². The second kappa shape index (κ2) is 10.8. The second-order valence-corrected chi connectivity index (χ2v) is 7.88. The first kappa shape index (κ1) is 23.3. The van der Waals surface area contributed by atoms with Crippen LogP contribution in [0.15, 0.2) is 48.5 Å². The average Bonchev–Trinajstić information content (AvgIpc) is 3.18. The normalized spacial score (nSPS) is 16.5. The maximum atomic E-state index is 12.4. The fourth-order valence-corrected chi connectivity index (χ4v) is 3.42. The summed E-state index contributed by atoms with van der Waals surface area (Å²) in [5, 5.41) is 14.7. The summed E-state index contributed by atoms with van der Waals surface area (Å²) in [6.07, 6.45) is 0.430. The minimum Gasteiger partial charge on any atom is -0.484 e. The van der Waals surface area contributed by atoms with Crippen LogP contribution in [0.5, 0.6) is 5.75 Å². The van der Waals surface area contributed by atoms with E-state index in [1.54, 1.807) is 36.1 Å². The van der Waals surface area contributed by atoms with Gasteiger partial charge >= 0.3 is 0 Å². The molecule has 1 fully saturated rings. The fraction of sp³-hybridized carbons (Fsp3) is 0.375. The number of nitrogens with one attached hydrogen (secondary N) is 2. The Morgan fingerprint density at radius 3 is 2.47 bits per heavy atom. The van der Waals surface area contributed by atoms with Crippen molar-refractivity contribution in [1.29, 1.82) is 0 Å². The number of ether oxygens (including phenoxy) is 1. The summed E-state index contributed by atoms with van der Waals surface area (Å²) in [5.74, 6) is -0.587. The van der Waals surface area contributed by atoms with E-state index in [0.717, 1.165) is 6.42 Å². The molecule has 3 N–H and O–H groups in total. The topological polar surface area (TPSA) is 108 Å². The van der Waals surface area contributed by atoms with Gasteiger partial charge in [0.15, 0.2) is 6.61 Å². The minimum absolute atomic E-state index is 0.128. The quantitative estimate of drug-likeness (QED) is 0.555. The molecule has 0 spiro atoms. The Morgan fingerprint density at radius 1 is 1.16 bits per heavy atom. The number of hydrogen-bond donors (Lipinski definition) is 3. The van der Waals surface area contributed by atoms with Crippen molar-refractivity contribution in [3.8, 4) is 5.75 Å². The lowest BCUT2D eigenvalue weighted by atomic mass is 10.1. The van der Waals surface area contributed by atoms with Crippen LogP contribution in [-0.4, -0.2) is 48.6 Å². The Kier molecular flexibility index (Phi) is 7.83. The Labute approximate surface area is 187 Å². The molecular weight excluding hydrogens is 410 g/mol. The summed E-state index contributed by atoms with van der Waals surface area (Å²) in [6.45, 7) is 3.96. The van der Waals surface area contributed by atoms with Gasteiger partial charge in [0.05, 0.1) is 12.0 Å². The number of anilines is 2. The molecule has 0 aromatic heterocycles. The SMILES string of the molecule is CCc1ccc(NC(=O)COc2ccc(N3C[C@H](C(=O)NC[C@H](C)O)CC3=O)cc2)cc1. The molecule has 0 bridgehead atoms. The summed E-state index contributed by atoms with van der Waals surface area (Å²) >= 11 is 0. The van der Waals surface area contributed by atoms with Crippen LogP contribution >= 0.6 is 0 Å². The van der Waals surface area contributed by atoms with E-state index in [-0.39, 0.29) is 43.8 Å². The number of aryl methyl sites for hydroxylation is 1. The smallest absolute Gasteiger partial charge is 0.262 e. The molecule has 2 atom stereocenters. The van der Waals surface area contributed by atoms with Crippen LogP contribution in [0, 0.1) is 5.92 Å². The molecule has 1 heterocycles. The molecule has 0 aliphatic carbocycles. The van der Waals surface area contributed by atoms with E-state index < -0.39 is 12.0 Å². The van der Waals surface area contributed by atoms with E-state index in [4.69, 9.17) is 4.74 Å². The first-order valence-corrected chi connectivity index (χ1v) is 10.7. The van der Waals surface area contributed by atoms with Gasteiger partial charge in [0.2, 0.25) is 11.8 Å². The zero-order chi connectivity index (χ0) is 23.1. The lowest BCUT2D eigenvalue weighted by Crippen LogP contribution is -2.36. The van der Waals surface area contributed by atoms with Crippen LogP contribution in [0.4, 0.5) is 11.4 Å². The number of nitrogens with zero attached hydrogens (tertiary/aromatic N) is 1. The largest absolute Gasteiger partial charge is 0.484 e. The van der Waals surface area contributed by atoms with Crippen molar-refractivity contribution < 1.29 is 24.2 Å². The van der Waals surface area contributed by atoms with Crippen LogP contribution < -0.4 is 20.3 Å². The van der Waals surface area contributed by atoms with Gasteiger partial charge in [-0.1, -0.05) is 19.1 Å². The Bertz CT molecular complexity index is 941. The first-order chi connectivity index (χ1) is 15.4. The Balaban J connectivity index is 1.49. The lowest BCUT2D eigenvalue weighted by molar-refractivity contribution is -0.126. The standard InChI is InChI=1S/C24H29N3O5/c1-3-17-4-6-19(7-5-17)26-22(29)15-32-21-10-8-20(9-11-21)27-14-18(12-23(27)30)24(31)25-13-16(2)28/h4-11,16,18,28H,3,12-15H2,1-2H3,(H,25,31)(H,26,29)/t16-,18+/m0/s1. The third kappa shape index (κ3) is 6.31. The number of benzene rings is 2. The summed E-state index contributed by atoms with van der Waals surface area (Å²) in [4.78, 5) is 38.2. The molecule has 1 aliphatic heterocycles. The Hall–Kier alpha value is -3.39. The number of amides is 3. The van der Waals surface area contributed by atoms with Gasteiger partial charge in [-0.15, -0.1) is 0 Å². The van der Waals surface area contributed by atoms with Gasteiger partial charge in [0.1, 0.15) is 5.75 Å². The predicted molar refractivity (Wildman–Crippen MR) is 122 cm³/mol. The molecule has 170 valence electrons. The third-order valence-electron chi connectivity index (χ3n) is 5.23. The van der Waals surface area contributed by atoms with Crippen LogP contribution in [0.3, 0.4) is 0 Å². The molecule has 3 rings (SSSR count). The van der Waals surface area contributed by atoms with Crippen molar-refractivity contribution in [2.75, 3.05) is 29.9 Å². The molecule has 8 nitrogen and oxygen atoms in total. The summed E-state index contributed by atoms with van der Waals surface area (Å²) < 4.78 is 5.54.